The molecule has 0 radical (unpaired) electrons. The van der Waals surface area contributed by atoms with Crippen molar-refractivity contribution in [3.63, 3.8) is 0 Å². The number of aromatic nitrogens is 2. The van der Waals surface area contributed by atoms with Gasteiger partial charge in [-0.1, -0.05) is 7.43 Å². The van der Waals surface area contributed by atoms with Gasteiger partial charge < -0.3 is 5.32 Å². The molecule has 1 N–H and O–H groups in total. The van der Waals surface area contributed by atoms with Gasteiger partial charge in [0.1, 0.15) is 0 Å². The van der Waals surface area contributed by atoms with E-state index in [1.807, 2.05) is 13.1 Å². The van der Waals surface area contributed by atoms with Gasteiger partial charge in [0.25, 0.3) is 0 Å². The summed E-state index contributed by atoms with van der Waals surface area (Å²) in [6.45, 7) is 0. The largest absolute Gasteiger partial charge is 0.387 e. The van der Waals surface area contributed by atoms with Crippen LogP contribution in [0.1, 0.15) is 7.43 Å². The molecule has 0 aromatic carbocycles. The van der Waals surface area contributed by atoms with E-state index in [4.69, 9.17) is 0 Å². The van der Waals surface area contributed by atoms with Gasteiger partial charge in [0.15, 0.2) is 0 Å². The van der Waals surface area contributed by atoms with Crippen molar-refractivity contribution < 1.29 is 0 Å². The Balaban J connectivity index is 0.000000640. The average molecular weight is 125 g/mol. The van der Waals surface area contributed by atoms with Crippen LogP contribution in [-0.4, -0.2) is 17.2 Å². The fraction of sp³-hybridized carbons (Fsp3) is 0.333. The molecular formula is C6H11N3. The Kier molecular flexibility index (Phi) is 3.35. The quantitative estimate of drug-likeness (QED) is 0.612. The van der Waals surface area contributed by atoms with Gasteiger partial charge in [-0.05, 0) is 6.07 Å². The zero-order chi connectivity index (χ0) is 5.82. The van der Waals surface area contributed by atoms with Crippen molar-refractivity contribution in [3.8, 4) is 0 Å². The maximum Gasteiger partial charge on any atom is 0.0727 e. The summed E-state index contributed by atoms with van der Waals surface area (Å²) in [5.74, 6) is 0. The van der Waals surface area contributed by atoms with Crippen molar-refractivity contribution in [3.05, 3.63) is 18.5 Å². The molecular weight excluding hydrogens is 114 g/mol. The zero-order valence-corrected chi connectivity index (χ0v) is 4.63. The van der Waals surface area contributed by atoms with Gasteiger partial charge in [-0.3, -0.25) is 0 Å². The molecule has 0 aliphatic heterocycles. The Morgan fingerprint density at radius 2 is 2.22 bits per heavy atom. The molecule has 0 spiro atoms. The monoisotopic (exact) mass is 125 g/mol. The maximum absolute atomic E-state index is 3.64. The highest BCUT2D eigenvalue weighted by Crippen LogP contribution is 1.96. The topological polar surface area (TPSA) is 37.8 Å². The lowest BCUT2D eigenvalue weighted by molar-refractivity contribution is 1.03. The van der Waals surface area contributed by atoms with Crippen molar-refractivity contribution in [1.82, 2.24) is 10.2 Å². The number of hydrogen-bond donors (Lipinski definition) is 1. The van der Waals surface area contributed by atoms with Gasteiger partial charge in [0.05, 0.1) is 18.1 Å². The predicted octanol–water partition coefficient (Wildman–Crippen LogP) is 1.15. The number of nitrogens with zero attached hydrogens (tertiary/aromatic N) is 2. The molecule has 0 fully saturated rings. The van der Waals surface area contributed by atoms with Crippen molar-refractivity contribution in [2.45, 2.75) is 7.43 Å². The van der Waals surface area contributed by atoms with Crippen LogP contribution in [0.5, 0.6) is 0 Å². The Bertz CT molecular complexity index is 150. The van der Waals surface area contributed by atoms with E-state index < -0.39 is 0 Å². The third kappa shape index (κ3) is 2.08. The lowest BCUT2D eigenvalue weighted by Gasteiger charge is -1.92. The van der Waals surface area contributed by atoms with E-state index in [0.717, 1.165) is 5.69 Å². The minimum atomic E-state index is 0. The number of hydrogen-bond acceptors (Lipinski definition) is 3. The summed E-state index contributed by atoms with van der Waals surface area (Å²) in [6.07, 6.45) is 3.31. The van der Waals surface area contributed by atoms with Crippen LogP contribution in [0.15, 0.2) is 18.5 Å². The van der Waals surface area contributed by atoms with Gasteiger partial charge in [0, 0.05) is 7.05 Å². The SMILES string of the molecule is C.CNc1ccnnc1. The van der Waals surface area contributed by atoms with E-state index >= 15 is 0 Å². The third-order valence-electron chi connectivity index (χ3n) is 0.873. The summed E-state index contributed by atoms with van der Waals surface area (Å²) in [5, 5.41) is 10.2. The fourth-order valence-corrected chi connectivity index (χ4v) is 0.439. The Morgan fingerprint density at radius 3 is 2.56 bits per heavy atom. The first kappa shape index (κ1) is 7.88. The van der Waals surface area contributed by atoms with Crippen LogP contribution in [-0.2, 0) is 0 Å². The van der Waals surface area contributed by atoms with Crippen molar-refractivity contribution in [2.75, 3.05) is 12.4 Å². The second-order valence-electron chi connectivity index (χ2n) is 1.38. The van der Waals surface area contributed by atoms with E-state index in [-0.39, 0.29) is 7.43 Å². The van der Waals surface area contributed by atoms with Crippen LogP contribution in [0.25, 0.3) is 0 Å². The number of nitrogens with one attached hydrogen (secondary N) is 1. The molecule has 3 nitrogen and oxygen atoms in total. The second kappa shape index (κ2) is 3.83. The summed E-state index contributed by atoms with van der Waals surface area (Å²) < 4.78 is 0. The summed E-state index contributed by atoms with van der Waals surface area (Å²) >= 11 is 0. The van der Waals surface area contributed by atoms with Crippen molar-refractivity contribution in [2.24, 2.45) is 0 Å². The lowest BCUT2D eigenvalue weighted by atomic mass is 10.5. The molecule has 0 unspecified atom stereocenters. The fourth-order valence-electron chi connectivity index (χ4n) is 0.439. The van der Waals surface area contributed by atoms with Crippen LogP contribution in [0.3, 0.4) is 0 Å². The first-order chi connectivity index (χ1) is 3.93. The Morgan fingerprint density at radius 1 is 1.44 bits per heavy atom. The molecule has 0 aliphatic carbocycles. The molecule has 1 rings (SSSR count). The highest BCUT2D eigenvalue weighted by molar-refractivity contribution is 5.37. The molecule has 0 atom stereocenters. The molecule has 0 aliphatic rings. The smallest absolute Gasteiger partial charge is 0.0727 e. The van der Waals surface area contributed by atoms with Gasteiger partial charge in [0.2, 0.25) is 0 Å². The molecule has 0 amide bonds. The highest BCUT2D eigenvalue weighted by Gasteiger charge is 1.80. The molecule has 3 heteroatoms. The van der Waals surface area contributed by atoms with E-state index in [1.165, 1.54) is 0 Å². The van der Waals surface area contributed by atoms with E-state index in [1.54, 1.807) is 12.4 Å². The molecule has 0 bridgehead atoms. The second-order valence-corrected chi connectivity index (χ2v) is 1.38. The molecule has 0 saturated carbocycles. The first-order valence-electron chi connectivity index (χ1n) is 2.38. The summed E-state index contributed by atoms with van der Waals surface area (Å²) in [7, 11) is 1.84. The van der Waals surface area contributed by atoms with Crippen molar-refractivity contribution in [1.29, 1.82) is 0 Å². The Labute approximate surface area is 55.1 Å². The van der Waals surface area contributed by atoms with Crippen LogP contribution >= 0.6 is 0 Å². The average Bonchev–Trinajstić information content (AvgIpc) is 1.90. The minimum absolute atomic E-state index is 0. The van der Waals surface area contributed by atoms with Crippen LogP contribution in [0.4, 0.5) is 5.69 Å². The lowest BCUT2D eigenvalue weighted by Crippen LogP contribution is -1.88. The molecule has 1 heterocycles. The van der Waals surface area contributed by atoms with Gasteiger partial charge in [-0.2, -0.15) is 10.2 Å². The molecule has 1 aromatic heterocycles. The summed E-state index contributed by atoms with van der Waals surface area (Å²) in [5.41, 5.74) is 0.986. The number of anilines is 1. The van der Waals surface area contributed by atoms with Crippen molar-refractivity contribution >= 4 is 5.69 Å². The molecule has 0 saturated heterocycles. The van der Waals surface area contributed by atoms with E-state index in [0.29, 0.717) is 0 Å². The highest BCUT2D eigenvalue weighted by atomic mass is 15.1. The number of rotatable bonds is 1. The normalized spacial score (nSPS) is 7.67. The van der Waals surface area contributed by atoms with Gasteiger partial charge >= 0.3 is 0 Å². The van der Waals surface area contributed by atoms with Crippen LogP contribution < -0.4 is 5.32 Å². The first-order valence-corrected chi connectivity index (χ1v) is 2.38. The van der Waals surface area contributed by atoms with Gasteiger partial charge in [-0.25, -0.2) is 0 Å². The van der Waals surface area contributed by atoms with Crippen LogP contribution in [0, 0.1) is 0 Å². The molecule has 1 aromatic rings. The third-order valence-corrected chi connectivity index (χ3v) is 0.873. The molecule has 9 heavy (non-hydrogen) atoms. The Hall–Kier alpha value is -1.12. The standard InChI is InChI=1S/C5H7N3.CH4/c1-6-5-2-3-7-8-4-5;/h2-4H,1H3,(H,6,7);1H4. The van der Waals surface area contributed by atoms with Crippen LogP contribution in [0.2, 0.25) is 0 Å². The maximum atomic E-state index is 3.64. The molecule has 50 valence electrons. The predicted molar refractivity (Wildman–Crippen MR) is 38.3 cm³/mol. The summed E-state index contributed by atoms with van der Waals surface area (Å²) in [4.78, 5) is 0. The van der Waals surface area contributed by atoms with E-state index in [9.17, 15) is 0 Å². The minimum Gasteiger partial charge on any atom is -0.387 e. The van der Waals surface area contributed by atoms with Gasteiger partial charge in [-0.15, -0.1) is 0 Å². The summed E-state index contributed by atoms with van der Waals surface area (Å²) in [6, 6.07) is 1.85. The zero-order valence-electron chi connectivity index (χ0n) is 4.63. The van der Waals surface area contributed by atoms with E-state index in [2.05, 4.69) is 15.5 Å².